The number of nitrogens with two attached hydrogens (primary N) is 1. The number of nitrogen functional groups attached to an aromatic ring is 1. The third-order valence-electron chi connectivity index (χ3n) is 2.58. The Morgan fingerprint density at radius 2 is 2.11 bits per heavy atom. The van der Waals surface area contributed by atoms with Crippen molar-refractivity contribution in [2.24, 2.45) is 5.84 Å². The molecular formula is C13H17N3O2S. The van der Waals surface area contributed by atoms with Crippen molar-refractivity contribution in [3.63, 3.8) is 0 Å². The van der Waals surface area contributed by atoms with Crippen molar-refractivity contribution in [1.29, 1.82) is 0 Å². The summed E-state index contributed by atoms with van der Waals surface area (Å²) in [4.78, 5) is 5.11. The van der Waals surface area contributed by atoms with Gasteiger partial charge in [0.1, 0.15) is 12.4 Å². The van der Waals surface area contributed by atoms with Crippen molar-refractivity contribution >= 4 is 16.5 Å². The van der Waals surface area contributed by atoms with E-state index in [0.29, 0.717) is 11.7 Å². The number of anilines is 1. The molecule has 0 fully saturated rings. The first-order valence-electron chi connectivity index (χ1n) is 5.94. The first-order chi connectivity index (χ1) is 9.31. The van der Waals surface area contributed by atoms with Gasteiger partial charge in [0.15, 0.2) is 5.13 Å². The summed E-state index contributed by atoms with van der Waals surface area (Å²) in [6.45, 7) is 1.23. The number of nitrogens with zero attached hydrogens (tertiary/aromatic N) is 1. The van der Waals surface area contributed by atoms with Crippen LogP contribution in [0, 0.1) is 0 Å². The Balaban J connectivity index is 1.85. The first-order valence-corrected chi connectivity index (χ1v) is 6.75. The normalized spacial score (nSPS) is 10.4. The number of ether oxygens (including phenoxy) is 2. The predicted molar refractivity (Wildman–Crippen MR) is 76.3 cm³/mol. The molecule has 102 valence electrons. The van der Waals surface area contributed by atoms with E-state index >= 15 is 0 Å². The van der Waals surface area contributed by atoms with Crippen molar-refractivity contribution in [1.82, 2.24) is 4.98 Å². The van der Waals surface area contributed by atoms with E-state index in [1.54, 1.807) is 13.3 Å². The maximum absolute atomic E-state index is 5.68. The number of methoxy groups -OCH3 is 1. The van der Waals surface area contributed by atoms with Gasteiger partial charge in [0, 0.05) is 13.3 Å². The van der Waals surface area contributed by atoms with Crippen LogP contribution in [-0.4, -0.2) is 18.7 Å². The van der Waals surface area contributed by atoms with E-state index in [9.17, 15) is 0 Å². The molecule has 6 heteroatoms. The van der Waals surface area contributed by atoms with Crippen molar-refractivity contribution in [2.45, 2.75) is 13.0 Å². The zero-order chi connectivity index (χ0) is 13.5. The lowest BCUT2D eigenvalue weighted by molar-refractivity contribution is 0.202. The summed E-state index contributed by atoms with van der Waals surface area (Å²) >= 11 is 1.48. The summed E-state index contributed by atoms with van der Waals surface area (Å²) in [6, 6.07) is 8.03. The Kier molecular flexibility index (Phi) is 5.14. The minimum absolute atomic E-state index is 0.497. The van der Waals surface area contributed by atoms with Gasteiger partial charge < -0.3 is 9.47 Å². The molecule has 0 aliphatic rings. The molecule has 19 heavy (non-hydrogen) atoms. The molecule has 0 amide bonds. The number of hydrogen-bond donors (Lipinski definition) is 2. The fraction of sp³-hybridized carbons (Fsp3) is 0.308. The van der Waals surface area contributed by atoms with E-state index in [0.717, 1.165) is 23.7 Å². The standard InChI is InChI=1S/C13H17N3O2S/c1-17-7-6-10-2-4-11(5-3-10)18-9-12-8-15-13(16-14)19-12/h2-5,8H,6-7,9,14H2,1H3,(H,15,16). The second-order valence-electron chi connectivity index (χ2n) is 3.95. The summed E-state index contributed by atoms with van der Waals surface area (Å²) in [5, 5.41) is 0.688. The number of hydrogen-bond acceptors (Lipinski definition) is 6. The van der Waals surface area contributed by atoms with Gasteiger partial charge in [-0.3, -0.25) is 5.43 Å². The van der Waals surface area contributed by atoms with E-state index in [4.69, 9.17) is 15.3 Å². The smallest absolute Gasteiger partial charge is 0.197 e. The highest BCUT2D eigenvalue weighted by atomic mass is 32.1. The molecule has 0 spiro atoms. The van der Waals surface area contributed by atoms with Crippen molar-refractivity contribution in [2.75, 3.05) is 19.1 Å². The molecule has 2 aromatic rings. The van der Waals surface area contributed by atoms with Gasteiger partial charge >= 0.3 is 0 Å². The lowest BCUT2D eigenvalue weighted by Crippen LogP contribution is -2.05. The molecule has 0 radical (unpaired) electrons. The summed E-state index contributed by atoms with van der Waals surface area (Å²) in [7, 11) is 1.71. The van der Waals surface area contributed by atoms with Crippen LogP contribution in [0.3, 0.4) is 0 Å². The fourth-order valence-electron chi connectivity index (χ4n) is 1.57. The second kappa shape index (κ2) is 7.08. The number of nitrogens with one attached hydrogen (secondary N) is 1. The summed E-state index contributed by atoms with van der Waals surface area (Å²) in [5.74, 6) is 6.12. The Bertz CT molecular complexity index is 499. The average Bonchev–Trinajstić information content (AvgIpc) is 2.92. The Hall–Kier alpha value is -1.63. The van der Waals surface area contributed by atoms with Crippen LogP contribution < -0.4 is 16.0 Å². The van der Waals surface area contributed by atoms with Gasteiger partial charge in [-0.15, -0.1) is 0 Å². The maximum atomic E-state index is 5.68. The summed E-state index contributed by atoms with van der Waals surface area (Å²) in [5.41, 5.74) is 3.75. The molecule has 0 saturated carbocycles. The van der Waals surface area contributed by atoms with E-state index in [2.05, 4.69) is 10.4 Å². The lowest BCUT2D eigenvalue weighted by atomic mass is 10.1. The quantitative estimate of drug-likeness (QED) is 0.600. The van der Waals surface area contributed by atoms with E-state index in [1.807, 2.05) is 24.3 Å². The van der Waals surface area contributed by atoms with Crippen LogP contribution in [0.1, 0.15) is 10.4 Å². The van der Waals surface area contributed by atoms with Crippen LogP contribution in [0.2, 0.25) is 0 Å². The zero-order valence-corrected chi connectivity index (χ0v) is 11.6. The minimum atomic E-state index is 0.497. The highest BCUT2D eigenvalue weighted by Crippen LogP contribution is 2.20. The van der Waals surface area contributed by atoms with Gasteiger partial charge in [-0.05, 0) is 24.1 Å². The van der Waals surface area contributed by atoms with Crippen molar-refractivity contribution in [3.8, 4) is 5.75 Å². The minimum Gasteiger partial charge on any atom is -0.488 e. The van der Waals surface area contributed by atoms with E-state index < -0.39 is 0 Å². The van der Waals surface area contributed by atoms with Gasteiger partial charge in [-0.2, -0.15) is 0 Å². The van der Waals surface area contributed by atoms with E-state index in [1.165, 1.54) is 16.9 Å². The van der Waals surface area contributed by atoms with Crippen LogP contribution in [0.25, 0.3) is 0 Å². The van der Waals surface area contributed by atoms with Crippen LogP contribution >= 0.6 is 11.3 Å². The SMILES string of the molecule is COCCc1ccc(OCc2cnc(NN)s2)cc1. The first kappa shape index (κ1) is 13.8. The predicted octanol–water partition coefficient (Wildman–Crippen LogP) is 2.20. The molecule has 1 aromatic heterocycles. The Labute approximate surface area is 116 Å². The summed E-state index contributed by atoms with van der Waals surface area (Å²) in [6.07, 6.45) is 2.67. The molecule has 2 rings (SSSR count). The van der Waals surface area contributed by atoms with Crippen LogP contribution in [0.5, 0.6) is 5.75 Å². The molecule has 1 heterocycles. The van der Waals surface area contributed by atoms with Gasteiger partial charge in [0.05, 0.1) is 11.5 Å². The van der Waals surface area contributed by atoms with Crippen LogP contribution in [0.15, 0.2) is 30.5 Å². The number of rotatable bonds is 7. The number of benzene rings is 1. The Morgan fingerprint density at radius 3 is 2.74 bits per heavy atom. The van der Waals surface area contributed by atoms with Gasteiger partial charge in [-0.25, -0.2) is 10.8 Å². The van der Waals surface area contributed by atoms with E-state index in [-0.39, 0.29) is 0 Å². The number of thiazole rings is 1. The van der Waals surface area contributed by atoms with Crippen molar-refractivity contribution < 1.29 is 9.47 Å². The van der Waals surface area contributed by atoms with Gasteiger partial charge in [-0.1, -0.05) is 23.5 Å². The van der Waals surface area contributed by atoms with Crippen molar-refractivity contribution in [3.05, 3.63) is 40.9 Å². The molecule has 3 N–H and O–H groups in total. The monoisotopic (exact) mass is 279 g/mol. The highest BCUT2D eigenvalue weighted by Gasteiger charge is 2.02. The largest absolute Gasteiger partial charge is 0.488 e. The fourth-order valence-corrected chi connectivity index (χ4v) is 2.20. The highest BCUT2D eigenvalue weighted by molar-refractivity contribution is 7.15. The zero-order valence-electron chi connectivity index (χ0n) is 10.8. The summed E-state index contributed by atoms with van der Waals surface area (Å²) < 4.78 is 10.7. The average molecular weight is 279 g/mol. The topological polar surface area (TPSA) is 69.4 Å². The molecule has 0 aliphatic carbocycles. The third kappa shape index (κ3) is 4.20. The molecule has 5 nitrogen and oxygen atoms in total. The van der Waals surface area contributed by atoms with Crippen LogP contribution in [0.4, 0.5) is 5.13 Å². The third-order valence-corrected chi connectivity index (χ3v) is 3.48. The van der Waals surface area contributed by atoms with Crippen LogP contribution in [-0.2, 0) is 17.8 Å². The second-order valence-corrected chi connectivity index (χ2v) is 5.07. The molecular weight excluding hydrogens is 262 g/mol. The Morgan fingerprint density at radius 1 is 1.32 bits per heavy atom. The molecule has 0 atom stereocenters. The van der Waals surface area contributed by atoms with Gasteiger partial charge in [0.2, 0.25) is 0 Å². The molecule has 1 aromatic carbocycles. The molecule has 0 saturated heterocycles. The number of hydrazine groups is 1. The van der Waals surface area contributed by atoms with Gasteiger partial charge in [0.25, 0.3) is 0 Å². The molecule has 0 aliphatic heterocycles. The lowest BCUT2D eigenvalue weighted by Gasteiger charge is -2.05. The molecule has 0 unspecified atom stereocenters. The maximum Gasteiger partial charge on any atom is 0.197 e. The molecule has 0 bridgehead atoms. The number of aromatic nitrogens is 1.